The Balaban J connectivity index is 1.70. The standard InChI is InChI=1S/C24H28O4/c1-3-5-8-17-13-15-18(16-14-17)24(26)28-22-12-7-9-19-20(22)10-6-11-21(19)27-23(25)4-2/h4,6-7,9-12,17-18H,2-3,5,8,13-16H2,1H3. The van der Waals surface area contributed by atoms with E-state index in [9.17, 15) is 9.59 Å². The monoisotopic (exact) mass is 380 g/mol. The minimum atomic E-state index is -0.519. The molecule has 4 heteroatoms. The van der Waals surface area contributed by atoms with E-state index in [0.717, 1.165) is 48.4 Å². The largest absolute Gasteiger partial charge is 0.426 e. The fourth-order valence-corrected chi connectivity index (χ4v) is 3.95. The third-order valence-electron chi connectivity index (χ3n) is 5.58. The Morgan fingerprint density at radius 3 is 2.18 bits per heavy atom. The first-order valence-electron chi connectivity index (χ1n) is 10.2. The molecule has 28 heavy (non-hydrogen) atoms. The van der Waals surface area contributed by atoms with Gasteiger partial charge >= 0.3 is 11.9 Å². The Morgan fingerprint density at radius 2 is 1.61 bits per heavy atom. The number of rotatable bonds is 7. The Bertz CT molecular complexity index is 847. The maximum absolute atomic E-state index is 12.7. The van der Waals surface area contributed by atoms with Crippen molar-refractivity contribution >= 4 is 22.7 Å². The molecule has 0 aromatic heterocycles. The van der Waals surface area contributed by atoms with Crippen molar-refractivity contribution in [2.45, 2.75) is 51.9 Å². The van der Waals surface area contributed by atoms with Gasteiger partial charge in [-0.15, -0.1) is 0 Å². The predicted molar refractivity (Wildman–Crippen MR) is 110 cm³/mol. The van der Waals surface area contributed by atoms with Crippen molar-refractivity contribution in [3.05, 3.63) is 49.1 Å². The molecule has 3 rings (SSSR count). The van der Waals surface area contributed by atoms with E-state index in [1.807, 2.05) is 12.1 Å². The molecule has 0 unspecified atom stereocenters. The van der Waals surface area contributed by atoms with Gasteiger partial charge in [-0.25, -0.2) is 4.79 Å². The van der Waals surface area contributed by atoms with Crippen LogP contribution >= 0.6 is 0 Å². The van der Waals surface area contributed by atoms with E-state index < -0.39 is 5.97 Å². The maximum Gasteiger partial charge on any atom is 0.335 e. The first kappa shape index (κ1) is 20.1. The zero-order valence-corrected chi connectivity index (χ0v) is 16.5. The van der Waals surface area contributed by atoms with Crippen LogP contribution in [-0.2, 0) is 9.59 Å². The quantitative estimate of drug-likeness (QED) is 0.344. The zero-order chi connectivity index (χ0) is 19.9. The molecule has 0 bridgehead atoms. The summed E-state index contributed by atoms with van der Waals surface area (Å²) in [5.41, 5.74) is 0. The number of carbonyl (C=O) groups is 2. The molecule has 0 N–H and O–H groups in total. The fraction of sp³-hybridized carbons (Fsp3) is 0.417. The second-order valence-electron chi connectivity index (χ2n) is 7.51. The lowest BCUT2D eigenvalue weighted by molar-refractivity contribution is -0.140. The summed E-state index contributed by atoms with van der Waals surface area (Å²) in [4.78, 5) is 24.3. The van der Waals surface area contributed by atoms with Crippen molar-refractivity contribution in [3.63, 3.8) is 0 Å². The summed E-state index contributed by atoms with van der Waals surface area (Å²) >= 11 is 0. The average molecular weight is 380 g/mol. The summed E-state index contributed by atoms with van der Waals surface area (Å²) in [5, 5.41) is 1.48. The summed E-state index contributed by atoms with van der Waals surface area (Å²) in [6.45, 7) is 5.64. The number of carbonyl (C=O) groups excluding carboxylic acids is 2. The third kappa shape index (κ3) is 4.80. The molecule has 2 aromatic carbocycles. The molecular weight excluding hydrogens is 352 g/mol. The number of benzene rings is 2. The van der Waals surface area contributed by atoms with Crippen molar-refractivity contribution in [2.24, 2.45) is 11.8 Å². The first-order valence-corrected chi connectivity index (χ1v) is 10.2. The van der Waals surface area contributed by atoms with Crippen LogP contribution < -0.4 is 9.47 Å². The van der Waals surface area contributed by atoms with Gasteiger partial charge in [0.2, 0.25) is 0 Å². The summed E-state index contributed by atoms with van der Waals surface area (Å²) in [7, 11) is 0. The molecule has 1 aliphatic carbocycles. The Morgan fingerprint density at radius 1 is 1.00 bits per heavy atom. The van der Waals surface area contributed by atoms with Crippen molar-refractivity contribution in [1.29, 1.82) is 0 Å². The van der Waals surface area contributed by atoms with Crippen molar-refractivity contribution in [3.8, 4) is 11.5 Å². The Hall–Kier alpha value is -2.62. The molecule has 0 aliphatic heterocycles. The van der Waals surface area contributed by atoms with Gasteiger partial charge in [0.25, 0.3) is 0 Å². The van der Waals surface area contributed by atoms with Crippen LogP contribution in [-0.4, -0.2) is 11.9 Å². The third-order valence-corrected chi connectivity index (χ3v) is 5.58. The SMILES string of the molecule is C=CC(=O)Oc1cccc2c(OC(=O)C3CCC(CCCC)CC3)cccc12. The Labute approximate surface area is 166 Å². The van der Waals surface area contributed by atoms with Crippen molar-refractivity contribution < 1.29 is 19.1 Å². The van der Waals surface area contributed by atoms with E-state index in [2.05, 4.69) is 13.5 Å². The summed E-state index contributed by atoms with van der Waals surface area (Å²) in [6.07, 6.45) is 8.92. The minimum Gasteiger partial charge on any atom is -0.426 e. The molecular formula is C24H28O4. The fourth-order valence-electron chi connectivity index (χ4n) is 3.95. The molecule has 0 amide bonds. The lowest BCUT2D eigenvalue weighted by Crippen LogP contribution is -2.25. The molecule has 148 valence electrons. The van der Waals surface area contributed by atoms with E-state index >= 15 is 0 Å². The summed E-state index contributed by atoms with van der Waals surface area (Å²) in [5.74, 6) is 0.979. The Kier molecular flexibility index (Phi) is 6.85. The predicted octanol–water partition coefficient (Wildman–Crippen LogP) is 5.83. The van der Waals surface area contributed by atoms with Crippen molar-refractivity contribution in [2.75, 3.05) is 0 Å². The molecule has 0 spiro atoms. The van der Waals surface area contributed by atoms with Gasteiger partial charge in [-0.3, -0.25) is 4.79 Å². The van der Waals surface area contributed by atoms with Crippen LogP contribution in [0.1, 0.15) is 51.9 Å². The van der Waals surface area contributed by atoms with Gasteiger partial charge in [-0.2, -0.15) is 0 Å². The topological polar surface area (TPSA) is 52.6 Å². The van der Waals surface area contributed by atoms with Crippen LogP contribution in [0, 0.1) is 11.8 Å². The molecule has 0 radical (unpaired) electrons. The minimum absolute atomic E-state index is 0.0325. The van der Waals surface area contributed by atoms with Crippen LogP contribution in [0.25, 0.3) is 10.8 Å². The maximum atomic E-state index is 12.7. The molecule has 1 aliphatic rings. The van der Waals surface area contributed by atoms with Gasteiger partial charge in [-0.1, -0.05) is 57.0 Å². The zero-order valence-electron chi connectivity index (χ0n) is 16.5. The van der Waals surface area contributed by atoms with E-state index in [-0.39, 0.29) is 11.9 Å². The molecule has 4 nitrogen and oxygen atoms in total. The van der Waals surface area contributed by atoms with Gasteiger partial charge in [0.05, 0.1) is 5.92 Å². The molecule has 0 saturated heterocycles. The number of ether oxygens (including phenoxy) is 2. The number of hydrogen-bond acceptors (Lipinski definition) is 4. The lowest BCUT2D eigenvalue weighted by Gasteiger charge is -2.27. The van der Waals surface area contributed by atoms with Crippen LogP contribution in [0.2, 0.25) is 0 Å². The van der Waals surface area contributed by atoms with Crippen LogP contribution in [0.5, 0.6) is 11.5 Å². The number of unbranched alkanes of at least 4 members (excludes halogenated alkanes) is 1. The van der Waals surface area contributed by atoms with Gasteiger partial charge < -0.3 is 9.47 Å². The van der Waals surface area contributed by atoms with E-state index in [0.29, 0.717) is 11.5 Å². The van der Waals surface area contributed by atoms with Crippen LogP contribution in [0.4, 0.5) is 0 Å². The van der Waals surface area contributed by atoms with Gasteiger partial charge in [0.1, 0.15) is 11.5 Å². The van der Waals surface area contributed by atoms with E-state index in [1.165, 1.54) is 19.3 Å². The summed E-state index contributed by atoms with van der Waals surface area (Å²) in [6, 6.07) is 10.8. The second kappa shape index (κ2) is 9.54. The van der Waals surface area contributed by atoms with Crippen LogP contribution in [0.15, 0.2) is 49.1 Å². The van der Waals surface area contributed by atoms with Crippen molar-refractivity contribution in [1.82, 2.24) is 0 Å². The van der Waals surface area contributed by atoms with E-state index in [4.69, 9.17) is 9.47 Å². The van der Waals surface area contributed by atoms with Gasteiger partial charge in [-0.05, 0) is 43.7 Å². The second-order valence-corrected chi connectivity index (χ2v) is 7.51. The van der Waals surface area contributed by atoms with E-state index in [1.54, 1.807) is 24.3 Å². The smallest absolute Gasteiger partial charge is 0.335 e. The molecule has 2 aromatic rings. The highest BCUT2D eigenvalue weighted by Crippen LogP contribution is 2.35. The molecule has 0 heterocycles. The van der Waals surface area contributed by atoms with Gasteiger partial charge in [0, 0.05) is 16.8 Å². The number of esters is 2. The average Bonchev–Trinajstić information content (AvgIpc) is 2.73. The summed E-state index contributed by atoms with van der Waals surface area (Å²) < 4.78 is 11.1. The number of hydrogen-bond donors (Lipinski definition) is 0. The molecule has 1 fully saturated rings. The normalized spacial score (nSPS) is 19.2. The highest BCUT2D eigenvalue weighted by molar-refractivity contribution is 5.96. The van der Waals surface area contributed by atoms with Gasteiger partial charge in [0.15, 0.2) is 0 Å². The highest BCUT2D eigenvalue weighted by atomic mass is 16.5. The number of fused-ring (bicyclic) bond motifs is 1. The van der Waals surface area contributed by atoms with Crippen LogP contribution in [0.3, 0.4) is 0 Å². The molecule has 0 atom stereocenters. The molecule has 1 saturated carbocycles. The first-order chi connectivity index (χ1) is 13.6. The lowest BCUT2D eigenvalue weighted by atomic mass is 9.80. The highest BCUT2D eigenvalue weighted by Gasteiger charge is 2.27.